The van der Waals surface area contributed by atoms with E-state index in [-0.39, 0.29) is 50.9 Å². The lowest BCUT2D eigenvalue weighted by atomic mass is 9.77. The fourth-order valence-electron chi connectivity index (χ4n) is 8.68. The quantitative estimate of drug-likeness (QED) is 0.0477. The number of nitriles is 1. The van der Waals surface area contributed by atoms with E-state index in [1.54, 1.807) is 34.8 Å². The maximum atomic E-state index is 14.0. The fraction of sp³-hybridized carbons (Fsp3) is 0.431. The van der Waals surface area contributed by atoms with Crippen LogP contribution in [0, 0.1) is 35.5 Å². The van der Waals surface area contributed by atoms with Crippen LogP contribution in [0.15, 0.2) is 72.5 Å². The lowest BCUT2D eigenvalue weighted by molar-refractivity contribution is -0.138. The molecule has 2 aromatic carbocycles. The first-order chi connectivity index (χ1) is 34.3. The average Bonchev–Trinajstić information content (AvgIpc) is 4.20. The number of fused-ring (bicyclic) bond motifs is 4. The van der Waals surface area contributed by atoms with Gasteiger partial charge in [0.1, 0.15) is 41.8 Å². The summed E-state index contributed by atoms with van der Waals surface area (Å²) in [7, 11) is 1.83. The highest BCUT2D eigenvalue weighted by molar-refractivity contribution is 7.23. The van der Waals surface area contributed by atoms with E-state index < -0.39 is 35.3 Å². The number of amides is 2. The van der Waals surface area contributed by atoms with E-state index in [0.29, 0.717) is 56.5 Å². The lowest BCUT2D eigenvalue weighted by Crippen LogP contribution is -2.53. The number of carbonyl (C=O) groups excluding carboxylic acids is 3. The molecule has 8 rings (SSSR count). The van der Waals surface area contributed by atoms with Gasteiger partial charge < -0.3 is 44.7 Å². The Labute approximate surface area is 419 Å². The minimum absolute atomic E-state index is 0.149. The zero-order valence-corrected chi connectivity index (χ0v) is 42.1. The molecule has 374 valence electrons. The van der Waals surface area contributed by atoms with Crippen molar-refractivity contribution in [3.8, 4) is 33.6 Å². The second kappa shape index (κ2) is 23.3. The SMILES string of the molecule is CNc1c(-c2cn3c(n2)sc2cc(OCCOCCOCCOCCOCC(=O)N[C@H](C(=O)C4C[C@H](O)C[C@H]4C(=O)NCc4ccc(-c5scnc5C)cc4)C(C)(C)C)ccc23)nc2cc(C#N)ccn12. The number of rotatable bonds is 24. The van der Waals surface area contributed by atoms with Crippen molar-refractivity contribution in [1.82, 2.24) is 34.4 Å². The number of anilines is 1. The zero-order valence-electron chi connectivity index (χ0n) is 40.4. The standard InChI is InChI=1S/C51H59N9O9S2/c1-31-46(70-30-55-31)34-8-6-32(7-9-34)27-54-49(64)38-24-35(61)23-37(38)45(63)47(51(2,3)4)58-43(62)29-68-19-18-66-15-14-65-16-17-67-20-21-69-36-10-11-40-41(25-36)71-50-56-39(28-60(40)50)44-48(53-5)59-13-12-33(26-52)22-42(59)57-44/h6-13,22,25,28,30,35,37-38,47,53,61H,14-21,23-24,27,29H2,1-5H3,(H,54,64)(H,58,62)/t35-,37?,38+,47+/m0/s1. The number of ketones is 1. The highest BCUT2D eigenvalue weighted by atomic mass is 32.1. The Morgan fingerprint density at radius 3 is 2.28 bits per heavy atom. The largest absolute Gasteiger partial charge is 0.491 e. The molecule has 0 bridgehead atoms. The van der Waals surface area contributed by atoms with E-state index in [0.717, 1.165) is 54.1 Å². The number of nitrogens with zero attached hydrogens (tertiary/aromatic N) is 6. The van der Waals surface area contributed by atoms with Crippen LogP contribution in [0.4, 0.5) is 5.82 Å². The van der Waals surface area contributed by atoms with Crippen LogP contribution in [0.25, 0.3) is 42.7 Å². The van der Waals surface area contributed by atoms with Crippen molar-refractivity contribution < 1.29 is 43.2 Å². The van der Waals surface area contributed by atoms with Gasteiger partial charge in [0.05, 0.1) is 102 Å². The summed E-state index contributed by atoms with van der Waals surface area (Å²) < 4.78 is 33.4. The summed E-state index contributed by atoms with van der Waals surface area (Å²) in [4.78, 5) is 56.3. The Morgan fingerprint density at radius 1 is 0.901 bits per heavy atom. The Kier molecular flexibility index (Phi) is 16.7. The van der Waals surface area contributed by atoms with Crippen LogP contribution in [-0.2, 0) is 39.9 Å². The smallest absolute Gasteiger partial charge is 0.246 e. The van der Waals surface area contributed by atoms with Crippen molar-refractivity contribution in [3.05, 3.63) is 89.3 Å². The molecule has 4 atom stereocenters. The first-order valence-electron chi connectivity index (χ1n) is 23.5. The molecular weight excluding hydrogens is 947 g/mol. The number of pyridine rings is 1. The molecule has 1 fully saturated rings. The highest BCUT2D eigenvalue weighted by Crippen LogP contribution is 2.37. The molecule has 5 aromatic heterocycles. The number of ether oxygens (including phenoxy) is 5. The second-order valence-corrected chi connectivity index (χ2v) is 20.2. The van der Waals surface area contributed by atoms with Gasteiger partial charge in [0, 0.05) is 31.9 Å². The van der Waals surface area contributed by atoms with Crippen molar-refractivity contribution in [1.29, 1.82) is 5.26 Å². The average molecular weight is 1010 g/mol. The van der Waals surface area contributed by atoms with Gasteiger partial charge in [-0.1, -0.05) is 56.4 Å². The summed E-state index contributed by atoms with van der Waals surface area (Å²) in [5.74, 6) is -0.982. The molecule has 5 heterocycles. The Morgan fingerprint density at radius 2 is 1.61 bits per heavy atom. The summed E-state index contributed by atoms with van der Waals surface area (Å²) in [6.45, 7) is 10.2. The van der Waals surface area contributed by atoms with Gasteiger partial charge in [0.2, 0.25) is 11.8 Å². The maximum Gasteiger partial charge on any atom is 0.246 e. The number of benzene rings is 2. The number of carbonyl (C=O) groups is 3. The molecule has 7 aromatic rings. The number of nitrogens with one attached hydrogen (secondary N) is 3. The number of hydrogen-bond donors (Lipinski definition) is 4. The molecule has 4 N–H and O–H groups in total. The molecule has 0 aliphatic heterocycles. The summed E-state index contributed by atoms with van der Waals surface area (Å²) in [5.41, 5.74) is 7.73. The van der Waals surface area contributed by atoms with E-state index in [1.807, 2.05) is 104 Å². The number of aromatic nitrogens is 5. The first-order valence-corrected chi connectivity index (χ1v) is 25.2. The van der Waals surface area contributed by atoms with Gasteiger partial charge in [-0.25, -0.2) is 15.0 Å². The third-order valence-corrected chi connectivity index (χ3v) is 14.3. The van der Waals surface area contributed by atoms with Gasteiger partial charge in [0.25, 0.3) is 0 Å². The summed E-state index contributed by atoms with van der Waals surface area (Å²) in [6, 6.07) is 18.6. The number of hydrogen-bond acceptors (Lipinski definition) is 16. The van der Waals surface area contributed by atoms with E-state index >= 15 is 0 Å². The number of thiazole rings is 2. The van der Waals surface area contributed by atoms with E-state index in [2.05, 4.69) is 27.0 Å². The molecule has 1 aliphatic carbocycles. The predicted molar refractivity (Wildman–Crippen MR) is 271 cm³/mol. The minimum atomic E-state index is -0.893. The zero-order chi connectivity index (χ0) is 50.1. The Bertz CT molecular complexity index is 3000. The monoisotopic (exact) mass is 1010 g/mol. The van der Waals surface area contributed by atoms with Crippen LogP contribution in [-0.4, -0.2) is 125 Å². The van der Waals surface area contributed by atoms with Gasteiger partial charge in [-0.05, 0) is 66.6 Å². The fourth-order valence-corrected chi connectivity index (χ4v) is 10.5. The Balaban J connectivity index is 0.677. The van der Waals surface area contributed by atoms with Crippen molar-refractivity contribution in [2.24, 2.45) is 17.3 Å². The first kappa shape index (κ1) is 51.1. The van der Waals surface area contributed by atoms with Gasteiger partial charge in [0.15, 0.2) is 10.7 Å². The third kappa shape index (κ3) is 12.4. The maximum absolute atomic E-state index is 14.0. The van der Waals surface area contributed by atoms with E-state index in [1.165, 1.54) is 0 Å². The summed E-state index contributed by atoms with van der Waals surface area (Å²) >= 11 is 3.13. The van der Waals surface area contributed by atoms with Crippen LogP contribution >= 0.6 is 22.7 Å². The molecular formula is C51H59N9O9S2. The van der Waals surface area contributed by atoms with Crippen molar-refractivity contribution in [2.45, 2.75) is 59.2 Å². The molecule has 1 aliphatic rings. The van der Waals surface area contributed by atoms with Crippen molar-refractivity contribution >= 4 is 66.9 Å². The second-order valence-electron chi connectivity index (χ2n) is 18.4. The Hall–Kier alpha value is -6.31. The molecule has 18 nitrogen and oxygen atoms in total. The predicted octanol–water partition coefficient (Wildman–Crippen LogP) is 6.46. The van der Waals surface area contributed by atoms with E-state index in [4.69, 9.17) is 33.7 Å². The van der Waals surface area contributed by atoms with E-state index in [9.17, 15) is 24.8 Å². The van der Waals surface area contributed by atoms with Gasteiger partial charge in [-0.2, -0.15) is 5.26 Å². The summed E-state index contributed by atoms with van der Waals surface area (Å²) in [6.07, 6.45) is 3.31. The van der Waals surface area contributed by atoms with Gasteiger partial charge in [-0.15, -0.1) is 11.3 Å². The number of aryl methyl sites for hydroxylation is 1. The van der Waals surface area contributed by atoms with Gasteiger partial charge in [-0.3, -0.25) is 23.2 Å². The normalized spacial score (nSPS) is 16.4. The third-order valence-electron chi connectivity index (χ3n) is 12.3. The minimum Gasteiger partial charge on any atom is -0.491 e. The molecule has 20 heteroatoms. The molecule has 0 saturated heterocycles. The molecule has 0 spiro atoms. The molecule has 1 saturated carbocycles. The number of Topliss-reactive ketones (excluding diaryl/α,β-unsaturated/α-hetero) is 1. The number of imidazole rings is 2. The van der Waals surface area contributed by atoms with Crippen LogP contribution in [0.1, 0.15) is 50.4 Å². The molecule has 0 radical (unpaired) electrons. The van der Waals surface area contributed by atoms with Gasteiger partial charge >= 0.3 is 0 Å². The highest BCUT2D eigenvalue weighted by Gasteiger charge is 2.46. The number of aliphatic hydroxyl groups is 1. The topological polar surface area (TPSA) is 225 Å². The van der Waals surface area contributed by atoms with Crippen molar-refractivity contribution in [2.75, 3.05) is 71.8 Å². The molecule has 2 amide bonds. The summed E-state index contributed by atoms with van der Waals surface area (Å²) in [5, 5.41) is 28.9. The lowest BCUT2D eigenvalue weighted by Gasteiger charge is -2.33. The van der Waals surface area contributed by atoms with Crippen LogP contribution in [0.5, 0.6) is 5.75 Å². The van der Waals surface area contributed by atoms with Crippen molar-refractivity contribution in [3.63, 3.8) is 0 Å². The number of aliphatic hydroxyl groups excluding tert-OH is 1. The van der Waals surface area contributed by atoms with Crippen LogP contribution in [0.2, 0.25) is 0 Å². The van der Waals surface area contributed by atoms with Crippen LogP contribution < -0.4 is 20.7 Å². The van der Waals surface area contributed by atoms with Crippen LogP contribution in [0.3, 0.4) is 0 Å². The molecule has 71 heavy (non-hydrogen) atoms. The molecule has 1 unspecified atom stereocenters.